The number of likely N-dealkylation sites (tertiary alicyclic amines) is 1. The van der Waals surface area contributed by atoms with Crippen LogP contribution in [0.5, 0.6) is 0 Å². The van der Waals surface area contributed by atoms with E-state index in [1.165, 1.54) is 5.56 Å². The van der Waals surface area contributed by atoms with E-state index < -0.39 is 0 Å². The van der Waals surface area contributed by atoms with Gasteiger partial charge in [0.25, 0.3) is 0 Å². The molecule has 1 N–H and O–H groups in total. The van der Waals surface area contributed by atoms with Crippen molar-refractivity contribution in [3.05, 3.63) is 35.9 Å². The normalized spacial score (nSPS) is 18.7. The zero-order valence-corrected chi connectivity index (χ0v) is 13.5. The second kappa shape index (κ2) is 7.60. The SMILES string of the molecule is CC(C)CNC(=O)C(C)N1CCC(c2ccccc2)CC1. The Labute approximate surface area is 128 Å². The van der Waals surface area contributed by atoms with Crippen molar-refractivity contribution < 1.29 is 4.79 Å². The van der Waals surface area contributed by atoms with E-state index in [-0.39, 0.29) is 11.9 Å². The van der Waals surface area contributed by atoms with Gasteiger partial charge in [-0.3, -0.25) is 9.69 Å². The quantitative estimate of drug-likeness (QED) is 0.903. The first kappa shape index (κ1) is 16.0. The maximum atomic E-state index is 12.1. The molecule has 3 nitrogen and oxygen atoms in total. The van der Waals surface area contributed by atoms with Gasteiger partial charge in [-0.1, -0.05) is 44.2 Å². The van der Waals surface area contributed by atoms with Crippen molar-refractivity contribution in [3.8, 4) is 0 Å². The summed E-state index contributed by atoms with van der Waals surface area (Å²) in [6, 6.07) is 10.7. The van der Waals surface area contributed by atoms with Crippen LogP contribution in [0.4, 0.5) is 0 Å². The molecule has 1 aromatic carbocycles. The molecule has 1 aliphatic heterocycles. The number of nitrogens with one attached hydrogen (secondary N) is 1. The maximum Gasteiger partial charge on any atom is 0.237 e. The van der Waals surface area contributed by atoms with E-state index in [4.69, 9.17) is 0 Å². The van der Waals surface area contributed by atoms with Crippen LogP contribution in [0.2, 0.25) is 0 Å². The van der Waals surface area contributed by atoms with Gasteiger partial charge >= 0.3 is 0 Å². The smallest absolute Gasteiger partial charge is 0.237 e. The molecule has 1 atom stereocenters. The summed E-state index contributed by atoms with van der Waals surface area (Å²) < 4.78 is 0. The minimum atomic E-state index is -0.0135. The van der Waals surface area contributed by atoms with Crippen molar-refractivity contribution in [2.45, 2.75) is 45.6 Å². The summed E-state index contributed by atoms with van der Waals surface area (Å²) in [5, 5.41) is 3.04. The molecule has 1 amide bonds. The molecule has 3 heteroatoms. The molecule has 1 heterocycles. The Bertz CT molecular complexity index is 436. The second-order valence-corrected chi connectivity index (χ2v) is 6.54. The minimum Gasteiger partial charge on any atom is -0.354 e. The molecule has 0 radical (unpaired) electrons. The lowest BCUT2D eigenvalue weighted by molar-refractivity contribution is -0.126. The lowest BCUT2D eigenvalue weighted by Gasteiger charge is -2.35. The van der Waals surface area contributed by atoms with Gasteiger partial charge in [0.15, 0.2) is 0 Å². The highest BCUT2D eigenvalue weighted by Gasteiger charge is 2.26. The average molecular weight is 288 g/mol. The first-order valence-electron chi connectivity index (χ1n) is 8.14. The molecule has 1 unspecified atom stereocenters. The Morgan fingerprint density at radius 2 is 1.81 bits per heavy atom. The van der Waals surface area contributed by atoms with Crippen molar-refractivity contribution in [3.63, 3.8) is 0 Å². The number of carbonyl (C=O) groups excluding carboxylic acids is 1. The lowest BCUT2D eigenvalue weighted by atomic mass is 9.89. The fourth-order valence-corrected chi connectivity index (χ4v) is 2.96. The summed E-state index contributed by atoms with van der Waals surface area (Å²) in [6.45, 7) is 9.06. The first-order valence-corrected chi connectivity index (χ1v) is 8.14. The van der Waals surface area contributed by atoms with Gasteiger partial charge in [-0.15, -0.1) is 0 Å². The lowest BCUT2D eigenvalue weighted by Crippen LogP contribution is -2.48. The standard InChI is InChI=1S/C18H28N2O/c1-14(2)13-19-18(21)15(3)20-11-9-17(10-12-20)16-7-5-4-6-8-16/h4-8,14-15,17H,9-13H2,1-3H3,(H,19,21). The number of hydrogen-bond donors (Lipinski definition) is 1. The topological polar surface area (TPSA) is 32.3 Å². The number of carbonyl (C=O) groups is 1. The Balaban J connectivity index is 1.82. The summed E-state index contributed by atoms with van der Waals surface area (Å²) >= 11 is 0. The maximum absolute atomic E-state index is 12.1. The third kappa shape index (κ3) is 4.57. The minimum absolute atomic E-state index is 0.0135. The van der Waals surface area contributed by atoms with Crippen molar-refractivity contribution in [1.29, 1.82) is 0 Å². The van der Waals surface area contributed by atoms with Gasteiger partial charge < -0.3 is 5.32 Å². The molecule has 1 aromatic rings. The van der Waals surface area contributed by atoms with E-state index in [1.807, 2.05) is 6.92 Å². The number of rotatable bonds is 5. The number of amides is 1. The van der Waals surface area contributed by atoms with Crippen molar-refractivity contribution >= 4 is 5.91 Å². The zero-order chi connectivity index (χ0) is 15.2. The summed E-state index contributed by atoms with van der Waals surface area (Å²) in [6.07, 6.45) is 2.29. The molecule has 0 aromatic heterocycles. The molecule has 1 fully saturated rings. The van der Waals surface area contributed by atoms with Crippen LogP contribution < -0.4 is 5.32 Å². The van der Waals surface area contributed by atoms with Crippen LogP contribution in [-0.2, 0) is 4.79 Å². The number of hydrogen-bond acceptors (Lipinski definition) is 2. The highest BCUT2D eigenvalue weighted by Crippen LogP contribution is 2.28. The Hall–Kier alpha value is -1.35. The zero-order valence-electron chi connectivity index (χ0n) is 13.5. The molecule has 1 saturated heterocycles. The van der Waals surface area contributed by atoms with Crippen LogP contribution in [0.3, 0.4) is 0 Å². The predicted octanol–water partition coefficient (Wildman–Crippen LogP) is 3.03. The van der Waals surface area contributed by atoms with Crippen LogP contribution in [0, 0.1) is 5.92 Å². The van der Waals surface area contributed by atoms with Gasteiger partial charge in [-0.25, -0.2) is 0 Å². The second-order valence-electron chi connectivity index (χ2n) is 6.54. The molecule has 0 spiro atoms. The van der Waals surface area contributed by atoms with E-state index in [2.05, 4.69) is 54.4 Å². The largest absolute Gasteiger partial charge is 0.354 e. The summed E-state index contributed by atoms with van der Waals surface area (Å²) in [7, 11) is 0. The van der Waals surface area contributed by atoms with Gasteiger partial charge in [0.05, 0.1) is 6.04 Å². The Morgan fingerprint density at radius 3 is 2.38 bits per heavy atom. The molecule has 21 heavy (non-hydrogen) atoms. The first-order chi connectivity index (χ1) is 10.1. The van der Waals surface area contributed by atoms with Crippen LogP contribution in [0.1, 0.15) is 45.1 Å². The van der Waals surface area contributed by atoms with Gasteiger partial charge in [0.2, 0.25) is 5.91 Å². The van der Waals surface area contributed by atoms with Crippen LogP contribution in [0.15, 0.2) is 30.3 Å². The molecule has 1 aliphatic rings. The molecule has 116 valence electrons. The fourth-order valence-electron chi connectivity index (χ4n) is 2.96. The fraction of sp³-hybridized carbons (Fsp3) is 0.611. The van der Waals surface area contributed by atoms with Gasteiger partial charge in [0.1, 0.15) is 0 Å². The summed E-state index contributed by atoms with van der Waals surface area (Å²) in [5.74, 6) is 1.32. The van der Waals surface area contributed by atoms with Gasteiger partial charge in [-0.05, 0) is 50.3 Å². The molecule has 0 bridgehead atoms. The average Bonchev–Trinajstić information content (AvgIpc) is 2.53. The Kier molecular flexibility index (Phi) is 5.80. The number of nitrogens with zero attached hydrogens (tertiary/aromatic N) is 1. The molecule has 2 rings (SSSR count). The third-order valence-corrected chi connectivity index (χ3v) is 4.41. The monoisotopic (exact) mass is 288 g/mol. The number of piperidine rings is 1. The van der Waals surface area contributed by atoms with E-state index in [9.17, 15) is 4.79 Å². The van der Waals surface area contributed by atoms with E-state index >= 15 is 0 Å². The van der Waals surface area contributed by atoms with Gasteiger partial charge in [-0.2, -0.15) is 0 Å². The van der Waals surface area contributed by atoms with Crippen molar-refractivity contribution in [2.24, 2.45) is 5.92 Å². The summed E-state index contributed by atoms with van der Waals surface area (Å²) in [4.78, 5) is 14.5. The Morgan fingerprint density at radius 1 is 1.19 bits per heavy atom. The highest BCUT2D eigenvalue weighted by atomic mass is 16.2. The van der Waals surface area contributed by atoms with E-state index in [1.54, 1.807) is 0 Å². The van der Waals surface area contributed by atoms with Crippen LogP contribution in [0.25, 0.3) is 0 Å². The molecule has 0 saturated carbocycles. The van der Waals surface area contributed by atoms with Crippen LogP contribution in [-0.4, -0.2) is 36.5 Å². The van der Waals surface area contributed by atoms with E-state index in [0.29, 0.717) is 11.8 Å². The van der Waals surface area contributed by atoms with E-state index in [0.717, 1.165) is 32.5 Å². The van der Waals surface area contributed by atoms with Crippen molar-refractivity contribution in [2.75, 3.05) is 19.6 Å². The predicted molar refractivity (Wildman–Crippen MR) is 87.3 cm³/mol. The number of benzene rings is 1. The molecule has 0 aliphatic carbocycles. The highest BCUT2D eigenvalue weighted by molar-refractivity contribution is 5.81. The van der Waals surface area contributed by atoms with Gasteiger partial charge in [0, 0.05) is 6.54 Å². The molecular formula is C18H28N2O. The summed E-state index contributed by atoms with van der Waals surface area (Å²) in [5.41, 5.74) is 1.44. The molecular weight excluding hydrogens is 260 g/mol. The van der Waals surface area contributed by atoms with Crippen LogP contribution >= 0.6 is 0 Å². The van der Waals surface area contributed by atoms with Crippen molar-refractivity contribution in [1.82, 2.24) is 10.2 Å². The third-order valence-electron chi connectivity index (χ3n) is 4.41.